The third-order valence-electron chi connectivity index (χ3n) is 3.26. The molecule has 1 aromatic carbocycles. The smallest absolute Gasteiger partial charge is 0.161 e. The minimum absolute atomic E-state index is 0.102. The lowest BCUT2D eigenvalue weighted by atomic mass is 10.1. The van der Waals surface area contributed by atoms with Crippen molar-refractivity contribution in [1.82, 2.24) is 9.78 Å². The van der Waals surface area contributed by atoms with Gasteiger partial charge in [0.15, 0.2) is 17.5 Å². The Labute approximate surface area is 115 Å². The Hall–Kier alpha value is -1.82. The number of aromatic nitrogens is 2. The molecule has 0 amide bonds. The summed E-state index contributed by atoms with van der Waals surface area (Å²) in [5, 5.41) is 4.28. The Morgan fingerprint density at radius 1 is 1.05 bits per heavy atom. The lowest BCUT2D eigenvalue weighted by molar-refractivity contribution is 0.490. The maximum atomic E-state index is 13.9. The molecule has 0 saturated heterocycles. The van der Waals surface area contributed by atoms with E-state index in [1.807, 2.05) is 13.8 Å². The third-order valence-corrected chi connectivity index (χ3v) is 3.26. The van der Waals surface area contributed by atoms with Crippen LogP contribution in [-0.2, 0) is 19.4 Å². The number of benzene rings is 1. The maximum absolute atomic E-state index is 13.9. The molecule has 0 aliphatic heterocycles. The maximum Gasteiger partial charge on any atom is 0.161 e. The average Bonchev–Trinajstić information content (AvgIpc) is 2.80. The van der Waals surface area contributed by atoms with Crippen LogP contribution in [0.15, 0.2) is 12.1 Å². The molecule has 0 unspecified atom stereocenters. The number of nitrogens with two attached hydrogens (primary N) is 1. The summed E-state index contributed by atoms with van der Waals surface area (Å²) in [7, 11) is 0. The molecule has 0 saturated carbocycles. The highest BCUT2D eigenvalue weighted by atomic mass is 19.2. The molecule has 2 rings (SSSR count). The highest BCUT2D eigenvalue weighted by Crippen LogP contribution is 2.23. The molecule has 0 atom stereocenters. The molecule has 0 aliphatic rings. The van der Waals surface area contributed by atoms with Crippen molar-refractivity contribution in [2.24, 2.45) is 5.73 Å². The summed E-state index contributed by atoms with van der Waals surface area (Å²) in [6, 6.07) is 1.34. The van der Waals surface area contributed by atoms with Crippen molar-refractivity contribution in [3.8, 4) is 5.69 Å². The van der Waals surface area contributed by atoms with E-state index in [0.29, 0.717) is 24.6 Å². The van der Waals surface area contributed by atoms with E-state index in [2.05, 4.69) is 5.10 Å². The molecule has 108 valence electrons. The van der Waals surface area contributed by atoms with Gasteiger partial charge in [-0.05, 0) is 12.8 Å². The van der Waals surface area contributed by atoms with Crippen LogP contribution in [0.25, 0.3) is 5.69 Å². The molecule has 20 heavy (non-hydrogen) atoms. The van der Waals surface area contributed by atoms with Gasteiger partial charge < -0.3 is 5.73 Å². The van der Waals surface area contributed by atoms with Crippen LogP contribution in [-0.4, -0.2) is 9.78 Å². The number of nitrogens with zero attached hydrogens (tertiary/aromatic N) is 2. The normalized spacial score (nSPS) is 11.1. The van der Waals surface area contributed by atoms with Gasteiger partial charge in [0.1, 0.15) is 5.69 Å². The number of rotatable bonds is 4. The summed E-state index contributed by atoms with van der Waals surface area (Å²) in [6.45, 7) is 4.06. The first-order chi connectivity index (χ1) is 9.53. The molecule has 2 N–H and O–H groups in total. The van der Waals surface area contributed by atoms with Crippen LogP contribution in [0.4, 0.5) is 13.2 Å². The minimum Gasteiger partial charge on any atom is -0.326 e. The van der Waals surface area contributed by atoms with Gasteiger partial charge in [-0.3, -0.25) is 0 Å². The molecule has 0 aliphatic carbocycles. The molecule has 0 fully saturated rings. The van der Waals surface area contributed by atoms with Crippen molar-refractivity contribution in [3.05, 3.63) is 46.5 Å². The van der Waals surface area contributed by atoms with E-state index in [1.54, 1.807) is 0 Å². The molecule has 2 aromatic rings. The second kappa shape index (κ2) is 5.66. The van der Waals surface area contributed by atoms with Crippen molar-refractivity contribution < 1.29 is 13.2 Å². The fraction of sp³-hybridized carbons (Fsp3) is 0.357. The van der Waals surface area contributed by atoms with Gasteiger partial charge in [0, 0.05) is 29.9 Å². The number of aryl methyl sites for hydroxylation is 1. The Bertz CT molecular complexity index is 635. The zero-order valence-corrected chi connectivity index (χ0v) is 11.4. The van der Waals surface area contributed by atoms with E-state index in [4.69, 9.17) is 5.73 Å². The zero-order chi connectivity index (χ0) is 14.9. The molecule has 3 nitrogen and oxygen atoms in total. The number of hydrogen-bond donors (Lipinski definition) is 1. The highest BCUT2D eigenvalue weighted by molar-refractivity contribution is 5.39. The summed E-state index contributed by atoms with van der Waals surface area (Å²) in [4.78, 5) is 0. The molecule has 0 bridgehead atoms. The lowest BCUT2D eigenvalue weighted by Gasteiger charge is -2.09. The zero-order valence-electron chi connectivity index (χ0n) is 11.4. The van der Waals surface area contributed by atoms with Crippen molar-refractivity contribution in [3.63, 3.8) is 0 Å². The van der Waals surface area contributed by atoms with E-state index in [1.165, 1.54) is 4.68 Å². The van der Waals surface area contributed by atoms with E-state index in [-0.39, 0.29) is 12.2 Å². The quantitative estimate of drug-likeness (QED) is 0.877. The van der Waals surface area contributed by atoms with Gasteiger partial charge in [0.2, 0.25) is 0 Å². The number of halogens is 3. The highest BCUT2D eigenvalue weighted by Gasteiger charge is 2.19. The first-order valence-corrected chi connectivity index (χ1v) is 6.48. The van der Waals surface area contributed by atoms with Gasteiger partial charge in [0.25, 0.3) is 0 Å². The van der Waals surface area contributed by atoms with Crippen LogP contribution in [0.3, 0.4) is 0 Å². The molecule has 0 radical (unpaired) electrons. The predicted molar refractivity (Wildman–Crippen MR) is 70.1 cm³/mol. The van der Waals surface area contributed by atoms with Crippen molar-refractivity contribution in [2.75, 3.05) is 0 Å². The average molecular weight is 283 g/mol. The third kappa shape index (κ3) is 2.31. The fourth-order valence-electron chi connectivity index (χ4n) is 2.29. The summed E-state index contributed by atoms with van der Waals surface area (Å²) in [6.07, 6.45) is 1.20. The number of hydrogen-bond acceptors (Lipinski definition) is 2. The van der Waals surface area contributed by atoms with Crippen molar-refractivity contribution in [1.29, 1.82) is 0 Å². The first kappa shape index (κ1) is 14.6. The largest absolute Gasteiger partial charge is 0.326 e. The van der Waals surface area contributed by atoms with Gasteiger partial charge in [-0.15, -0.1) is 0 Å². The van der Waals surface area contributed by atoms with Crippen LogP contribution >= 0.6 is 0 Å². The van der Waals surface area contributed by atoms with Gasteiger partial charge in [0.05, 0.1) is 5.69 Å². The Balaban J connectivity index is 2.69. The molecule has 1 aromatic heterocycles. The molecule has 1 heterocycles. The second-order valence-corrected chi connectivity index (χ2v) is 4.41. The fourth-order valence-corrected chi connectivity index (χ4v) is 2.29. The van der Waals surface area contributed by atoms with E-state index < -0.39 is 17.5 Å². The molecule has 6 heteroatoms. The van der Waals surface area contributed by atoms with Gasteiger partial charge >= 0.3 is 0 Å². The van der Waals surface area contributed by atoms with Gasteiger partial charge in [-0.1, -0.05) is 13.8 Å². The standard InChI is InChI=1S/C14H16F3N3/c1-3-12-8(7-18)13(4-2)20(19-12)14-6-10(16)9(15)5-11(14)17/h5-6H,3-4,7,18H2,1-2H3. The van der Waals surface area contributed by atoms with Crippen LogP contribution in [0.5, 0.6) is 0 Å². The summed E-state index contributed by atoms with van der Waals surface area (Å²) in [5.74, 6) is -3.18. The van der Waals surface area contributed by atoms with Crippen molar-refractivity contribution >= 4 is 0 Å². The van der Waals surface area contributed by atoms with Crippen LogP contribution in [0.2, 0.25) is 0 Å². The van der Waals surface area contributed by atoms with Crippen LogP contribution in [0.1, 0.15) is 30.8 Å². The van der Waals surface area contributed by atoms with Crippen LogP contribution < -0.4 is 5.73 Å². The van der Waals surface area contributed by atoms with E-state index >= 15 is 0 Å². The van der Waals surface area contributed by atoms with E-state index in [9.17, 15) is 13.2 Å². The molecular weight excluding hydrogens is 267 g/mol. The van der Waals surface area contributed by atoms with Gasteiger partial charge in [-0.25, -0.2) is 17.9 Å². The van der Waals surface area contributed by atoms with Crippen LogP contribution in [0, 0.1) is 17.5 Å². The first-order valence-electron chi connectivity index (χ1n) is 6.48. The Kier molecular flexibility index (Phi) is 4.13. The monoisotopic (exact) mass is 283 g/mol. The molecule has 0 spiro atoms. The van der Waals surface area contributed by atoms with Gasteiger partial charge in [-0.2, -0.15) is 5.10 Å². The summed E-state index contributed by atoms with van der Waals surface area (Å²) >= 11 is 0. The Morgan fingerprint density at radius 3 is 2.25 bits per heavy atom. The minimum atomic E-state index is -1.22. The summed E-state index contributed by atoms with van der Waals surface area (Å²) in [5.41, 5.74) is 7.90. The topological polar surface area (TPSA) is 43.8 Å². The van der Waals surface area contributed by atoms with E-state index in [0.717, 1.165) is 17.3 Å². The SMILES string of the molecule is CCc1nn(-c2cc(F)c(F)cc2F)c(CC)c1CN. The Morgan fingerprint density at radius 2 is 1.70 bits per heavy atom. The molecular formula is C14H16F3N3. The summed E-state index contributed by atoms with van der Waals surface area (Å²) < 4.78 is 41.6. The second-order valence-electron chi connectivity index (χ2n) is 4.41. The lowest BCUT2D eigenvalue weighted by Crippen LogP contribution is -2.07. The van der Waals surface area contributed by atoms with Crippen molar-refractivity contribution in [2.45, 2.75) is 33.2 Å². The predicted octanol–water partition coefficient (Wildman–Crippen LogP) is 2.87.